The normalized spacial score (nSPS) is 15.0. The Bertz CT molecular complexity index is 1610. The van der Waals surface area contributed by atoms with Crippen LogP contribution in [0.25, 0.3) is 22.6 Å². The molecule has 2 saturated heterocycles. The molecule has 6 rings (SSSR count). The lowest BCUT2D eigenvalue weighted by molar-refractivity contribution is -0.132. The fourth-order valence-electron chi connectivity index (χ4n) is 6.34. The Morgan fingerprint density at radius 2 is 1.06 bits per heavy atom. The lowest BCUT2D eigenvalue weighted by Gasteiger charge is -2.28. The molecule has 0 N–H and O–H groups in total. The van der Waals surface area contributed by atoms with Gasteiger partial charge in [-0.05, 0) is 62.8 Å². The molecule has 0 bridgehead atoms. The van der Waals surface area contributed by atoms with Crippen molar-refractivity contribution in [2.45, 2.75) is 58.8 Å². The van der Waals surface area contributed by atoms with E-state index in [1.807, 2.05) is 12.1 Å². The van der Waals surface area contributed by atoms with Gasteiger partial charge in [0.15, 0.2) is 23.2 Å². The molecular weight excluding hydrogens is 604 g/mol. The summed E-state index contributed by atoms with van der Waals surface area (Å²) in [5.74, 6) is 3.11. The van der Waals surface area contributed by atoms with Crippen molar-refractivity contribution in [1.82, 2.24) is 10.3 Å². The maximum absolute atomic E-state index is 12.2. The fourth-order valence-corrected chi connectivity index (χ4v) is 6.34. The number of benzene rings is 2. The van der Waals surface area contributed by atoms with E-state index < -0.39 is 11.9 Å². The van der Waals surface area contributed by atoms with E-state index in [-0.39, 0.29) is 0 Å². The average molecular weight is 645 g/mol. The third-order valence-electron chi connectivity index (χ3n) is 8.57. The highest BCUT2D eigenvalue weighted by Gasteiger charge is 2.32. The second kappa shape index (κ2) is 14.2. The molecule has 2 aliphatic rings. The maximum Gasteiger partial charge on any atom is 0.308 e. The minimum atomic E-state index is -0.469. The van der Waals surface area contributed by atoms with Crippen LogP contribution in [0, 0.1) is 0 Å². The summed E-state index contributed by atoms with van der Waals surface area (Å²) in [6.45, 7) is 6.05. The minimum Gasteiger partial charge on any atom is -0.497 e. The number of piperidine rings is 2. The monoisotopic (exact) mass is 644 g/mol. The third kappa shape index (κ3) is 6.91. The first-order valence-electron chi connectivity index (χ1n) is 16.1. The van der Waals surface area contributed by atoms with E-state index in [2.05, 4.69) is 20.1 Å². The number of aromatic nitrogens is 2. The van der Waals surface area contributed by atoms with Crippen molar-refractivity contribution in [3.63, 3.8) is 0 Å². The molecule has 2 aromatic heterocycles. The SMILES string of the molecule is COc1ccc(-c2onc(N3CCCCC3)c2Cc2c(N3CCCCC3)noc2-c2ccc(OC)cc2OC(C)=O)c(OC(C)=O)c1. The van der Waals surface area contributed by atoms with Crippen LogP contribution in [0.5, 0.6) is 23.0 Å². The van der Waals surface area contributed by atoms with E-state index >= 15 is 0 Å². The summed E-state index contributed by atoms with van der Waals surface area (Å²) in [7, 11) is 3.11. The van der Waals surface area contributed by atoms with Crippen LogP contribution < -0.4 is 28.7 Å². The van der Waals surface area contributed by atoms with Gasteiger partial charge in [-0.1, -0.05) is 10.3 Å². The van der Waals surface area contributed by atoms with Crippen LogP contribution in [0.1, 0.15) is 63.5 Å². The molecule has 0 spiro atoms. The molecule has 0 atom stereocenters. The third-order valence-corrected chi connectivity index (χ3v) is 8.57. The molecule has 0 unspecified atom stereocenters. The minimum absolute atomic E-state index is 0.300. The van der Waals surface area contributed by atoms with Gasteiger partial charge in [0, 0.05) is 69.7 Å². The highest BCUT2D eigenvalue weighted by atomic mass is 16.5. The van der Waals surface area contributed by atoms with Gasteiger partial charge in [-0.15, -0.1) is 0 Å². The fraction of sp³-hybridized carbons (Fsp3) is 0.429. The van der Waals surface area contributed by atoms with Crippen molar-refractivity contribution in [2.75, 3.05) is 50.2 Å². The molecule has 0 saturated carbocycles. The van der Waals surface area contributed by atoms with Gasteiger partial charge in [-0.3, -0.25) is 9.59 Å². The largest absolute Gasteiger partial charge is 0.497 e. The molecule has 4 aromatic rings. The second-order valence-corrected chi connectivity index (χ2v) is 11.8. The van der Waals surface area contributed by atoms with E-state index in [4.69, 9.17) is 28.0 Å². The number of carbonyl (C=O) groups is 2. The Kier molecular flexibility index (Phi) is 9.65. The number of ether oxygens (including phenoxy) is 4. The Hall–Kier alpha value is -5.00. The molecule has 12 nitrogen and oxygen atoms in total. The first-order valence-corrected chi connectivity index (χ1v) is 16.1. The topological polar surface area (TPSA) is 130 Å². The van der Waals surface area contributed by atoms with Gasteiger partial charge >= 0.3 is 11.9 Å². The summed E-state index contributed by atoms with van der Waals surface area (Å²) < 4.78 is 34.5. The molecule has 2 fully saturated rings. The highest BCUT2D eigenvalue weighted by molar-refractivity contribution is 5.81. The summed E-state index contributed by atoms with van der Waals surface area (Å²) in [6, 6.07) is 10.5. The number of methoxy groups -OCH3 is 2. The summed E-state index contributed by atoms with van der Waals surface area (Å²) in [6.07, 6.45) is 6.78. The Balaban J connectivity index is 1.54. The van der Waals surface area contributed by atoms with Crippen molar-refractivity contribution in [2.24, 2.45) is 0 Å². The number of rotatable bonds is 10. The van der Waals surface area contributed by atoms with Gasteiger partial charge in [-0.25, -0.2) is 0 Å². The van der Waals surface area contributed by atoms with Crippen LogP contribution in [-0.4, -0.2) is 62.7 Å². The predicted octanol–water partition coefficient (Wildman–Crippen LogP) is 6.44. The summed E-state index contributed by atoms with van der Waals surface area (Å²) in [5.41, 5.74) is 2.73. The summed E-state index contributed by atoms with van der Waals surface area (Å²) in [4.78, 5) is 28.8. The molecule has 0 aliphatic carbocycles. The second-order valence-electron chi connectivity index (χ2n) is 11.8. The van der Waals surface area contributed by atoms with Crippen molar-refractivity contribution in [1.29, 1.82) is 0 Å². The molecule has 47 heavy (non-hydrogen) atoms. The van der Waals surface area contributed by atoms with Gasteiger partial charge < -0.3 is 37.8 Å². The van der Waals surface area contributed by atoms with E-state index in [9.17, 15) is 9.59 Å². The van der Waals surface area contributed by atoms with Crippen LogP contribution in [0.4, 0.5) is 11.6 Å². The molecule has 2 aromatic carbocycles. The van der Waals surface area contributed by atoms with Crippen molar-refractivity contribution < 1.29 is 37.6 Å². The van der Waals surface area contributed by atoms with Gasteiger partial charge in [0.05, 0.1) is 25.3 Å². The summed E-state index contributed by atoms with van der Waals surface area (Å²) >= 11 is 0. The number of hydrogen-bond acceptors (Lipinski definition) is 12. The zero-order valence-corrected chi connectivity index (χ0v) is 27.3. The Morgan fingerprint density at radius 3 is 1.43 bits per heavy atom. The number of carbonyl (C=O) groups excluding carboxylic acids is 2. The Morgan fingerprint density at radius 1 is 0.660 bits per heavy atom. The van der Waals surface area contributed by atoms with Gasteiger partial charge in [-0.2, -0.15) is 0 Å². The first-order chi connectivity index (χ1) is 22.9. The van der Waals surface area contributed by atoms with Gasteiger partial charge in [0.1, 0.15) is 23.0 Å². The van der Waals surface area contributed by atoms with Crippen molar-refractivity contribution >= 4 is 23.6 Å². The molecule has 4 heterocycles. The van der Waals surface area contributed by atoms with E-state index in [0.717, 1.165) is 87.5 Å². The molecule has 0 radical (unpaired) electrons. The molecule has 248 valence electrons. The quantitative estimate of drug-likeness (QED) is 0.139. The predicted molar refractivity (Wildman–Crippen MR) is 175 cm³/mol. The van der Waals surface area contributed by atoms with Crippen LogP contribution >= 0.6 is 0 Å². The average Bonchev–Trinajstić information content (AvgIpc) is 3.69. The molecule has 12 heteroatoms. The number of esters is 2. The lowest BCUT2D eigenvalue weighted by atomic mass is 9.96. The molecule has 0 amide bonds. The number of hydrogen-bond donors (Lipinski definition) is 0. The number of nitrogens with zero attached hydrogens (tertiary/aromatic N) is 4. The molecule has 2 aliphatic heterocycles. The van der Waals surface area contributed by atoms with Crippen LogP contribution in [-0.2, 0) is 16.0 Å². The highest BCUT2D eigenvalue weighted by Crippen LogP contribution is 2.45. The zero-order valence-electron chi connectivity index (χ0n) is 27.3. The first kappa shape index (κ1) is 32.0. The van der Waals surface area contributed by atoms with E-state index in [1.54, 1.807) is 38.5 Å². The Labute approximate surface area is 273 Å². The zero-order chi connectivity index (χ0) is 32.9. The smallest absolute Gasteiger partial charge is 0.308 e. The number of anilines is 2. The standard InChI is InChI=1S/C35H40N4O8/c1-22(40)44-30-19-24(42-3)11-13-26(30)32-28(34(36-46-32)38-15-7-5-8-16-38)21-29-33(47-37-35(29)39-17-9-6-10-18-39)27-14-12-25(43-4)20-31(27)45-23(2)41/h11-14,19-20H,5-10,15-18,21H2,1-4H3. The van der Waals surface area contributed by atoms with Crippen molar-refractivity contribution in [3.05, 3.63) is 47.5 Å². The van der Waals surface area contributed by atoms with Gasteiger partial charge in [0.2, 0.25) is 0 Å². The molecular formula is C35H40N4O8. The van der Waals surface area contributed by atoms with Crippen LogP contribution in [0.3, 0.4) is 0 Å². The summed E-state index contributed by atoms with van der Waals surface area (Å²) in [5, 5.41) is 9.22. The van der Waals surface area contributed by atoms with Gasteiger partial charge in [0.25, 0.3) is 0 Å². The van der Waals surface area contributed by atoms with E-state index in [1.165, 1.54) is 13.8 Å². The van der Waals surface area contributed by atoms with E-state index in [0.29, 0.717) is 52.1 Å². The van der Waals surface area contributed by atoms with Crippen LogP contribution in [0.15, 0.2) is 45.4 Å². The van der Waals surface area contributed by atoms with Crippen molar-refractivity contribution in [3.8, 4) is 45.6 Å². The van der Waals surface area contributed by atoms with Crippen LogP contribution in [0.2, 0.25) is 0 Å². The maximum atomic E-state index is 12.2. The lowest BCUT2D eigenvalue weighted by Crippen LogP contribution is -2.31.